The fraction of sp³-hybridized carbons (Fsp3) is 0.857. The predicted molar refractivity (Wildman–Crippen MR) is 72.1 cm³/mol. The first-order chi connectivity index (χ1) is 10.4. The van der Waals surface area contributed by atoms with Gasteiger partial charge in [0.15, 0.2) is 6.61 Å². The Labute approximate surface area is 127 Å². The van der Waals surface area contributed by atoms with Crippen molar-refractivity contribution in [2.45, 2.75) is 63.2 Å². The first-order valence-electron chi connectivity index (χ1n) is 7.67. The summed E-state index contributed by atoms with van der Waals surface area (Å²) in [5, 5.41) is 2.91. The Hall–Kier alpha value is -1.47. The topological polar surface area (TPSA) is 58.6 Å². The molecule has 0 spiro atoms. The van der Waals surface area contributed by atoms with Gasteiger partial charge in [0.1, 0.15) is 6.04 Å². The molecule has 1 atom stereocenters. The second-order valence-electron chi connectivity index (χ2n) is 5.86. The molecule has 2 aliphatic rings. The fourth-order valence-electron chi connectivity index (χ4n) is 3.03. The van der Waals surface area contributed by atoms with Gasteiger partial charge >= 0.3 is 12.3 Å². The molecule has 1 aliphatic carbocycles. The van der Waals surface area contributed by atoms with E-state index in [9.17, 15) is 22.8 Å². The van der Waals surface area contributed by atoms with E-state index >= 15 is 0 Å². The second kappa shape index (κ2) is 7.19. The van der Waals surface area contributed by atoms with E-state index in [1.54, 1.807) is 0 Å². The molecule has 2 amide bonds. The van der Waals surface area contributed by atoms with Crippen LogP contribution in [0, 0.1) is 0 Å². The molecule has 0 aromatic carbocycles. The summed E-state index contributed by atoms with van der Waals surface area (Å²) in [6.07, 6.45) is 0.525. The van der Waals surface area contributed by atoms with Gasteiger partial charge in [-0.25, -0.2) is 4.79 Å². The highest BCUT2D eigenvalue weighted by Crippen LogP contribution is 2.22. The lowest BCUT2D eigenvalue weighted by Crippen LogP contribution is -2.49. The van der Waals surface area contributed by atoms with Crippen molar-refractivity contribution < 1.29 is 27.5 Å². The molecule has 1 saturated heterocycles. The Morgan fingerprint density at radius 3 is 2.41 bits per heavy atom. The highest BCUT2D eigenvalue weighted by molar-refractivity contribution is 5.86. The summed E-state index contributed by atoms with van der Waals surface area (Å²) in [6, 6.07) is -0.613. The first kappa shape index (κ1) is 16.9. The van der Waals surface area contributed by atoms with Crippen molar-refractivity contribution in [3.05, 3.63) is 0 Å². The van der Waals surface area contributed by atoms with Crippen LogP contribution in [0.15, 0.2) is 0 Å². The van der Waals surface area contributed by atoms with E-state index in [1.807, 2.05) is 0 Å². The van der Waals surface area contributed by atoms with Crippen molar-refractivity contribution in [1.29, 1.82) is 0 Å². The predicted octanol–water partition coefficient (Wildman–Crippen LogP) is 2.60. The molecule has 0 radical (unpaired) electrons. The lowest BCUT2D eigenvalue weighted by atomic mass is 9.95. The summed E-state index contributed by atoms with van der Waals surface area (Å²) in [6.45, 7) is -1.38. The zero-order chi connectivity index (χ0) is 16.2. The third-order valence-corrected chi connectivity index (χ3v) is 4.10. The molecule has 126 valence electrons. The van der Waals surface area contributed by atoms with Crippen LogP contribution in [0.2, 0.25) is 0 Å². The quantitative estimate of drug-likeness (QED) is 0.869. The number of hydrogen-bond donors (Lipinski definition) is 1. The van der Waals surface area contributed by atoms with E-state index < -0.39 is 24.9 Å². The molecule has 22 heavy (non-hydrogen) atoms. The van der Waals surface area contributed by atoms with E-state index in [4.69, 9.17) is 0 Å². The fourth-order valence-corrected chi connectivity index (χ4v) is 3.03. The van der Waals surface area contributed by atoms with Crippen molar-refractivity contribution in [1.82, 2.24) is 10.2 Å². The van der Waals surface area contributed by atoms with Crippen LogP contribution in [0.4, 0.5) is 18.0 Å². The van der Waals surface area contributed by atoms with E-state index in [-0.39, 0.29) is 18.5 Å². The molecular weight excluding hydrogens is 301 g/mol. The van der Waals surface area contributed by atoms with Gasteiger partial charge in [0.2, 0.25) is 5.91 Å². The summed E-state index contributed by atoms with van der Waals surface area (Å²) in [5.41, 5.74) is 0. The van der Waals surface area contributed by atoms with Crippen molar-refractivity contribution in [2.75, 3.05) is 13.2 Å². The van der Waals surface area contributed by atoms with Gasteiger partial charge in [-0.15, -0.1) is 0 Å². The zero-order valence-corrected chi connectivity index (χ0v) is 12.3. The number of ether oxygens (including phenoxy) is 1. The molecule has 1 aliphatic heterocycles. The molecule has 2 rings (SSSR count). The number of carbonyl (C=O) groups excluding carboxylic acids is 2. The number of hydrogen-bond acceptors (Lipinski definition) is 3. The Balaban J connectivity index is 1.86. The Morgan fingerprint density at radius 1 is 1.09 bits per heavy atom. The van der Waals surface area contributed by atoms with Gasteiger partial charge in [0.25, 0.3) is 0 Å². The molecule has 5 nitrogen and oxygen atoms in total. The molecule has 0 bridgehead atoms. The van der Waals surface area contributed by atoms with Crippen molar-refractivity contribution in [2.24, 2.45) is 0 Å². The third-order valence-electron chi connectivity index (χ3n) is 4.10. The van der Waals surface area contributed by atoms with Gasteiger partial charge in [-0.2, -0.15) is 13.2 Å². The SMILES string of the molecule is O=C(NC1CCCCC1)[C@H]1CCCN1C(=O)OCC(F)(F)F. The number of halogens is 3. The molecule has 0 aromatic heterocycles. The number of rotatable bonds is 3. The summed E-state index contributed by atoms with van der Waals surface area (Å²) in [7, 11) is 0. The monoisotopic (exact) mass is 322 g/mol. The molecule has 1 heterocycles. The maximum Gasteiger partial charge on any atom is 0.422 e. The number of amides is 2. The number of nitrogens with zero attached hydrogens (tertiary/aromatic N) is 1. The van der Waals surface area contributed by atoms with Gasteiger partial charge in [-0.05, 0) is 25.7 Å². The van der Waals surface area contributed by atoms with E-state index in [0.29, 0.717) is 12.8 Å². The zero-order valence-electron chi connectivity index (χ0n) is 12.3. The molecule has 1 saturated carbocycles. The van der Waals surface area contributed by atoms with Gasteiger partial charge < -0.3 is 10.1 Å². The van der Waals surface area contributed by atoms with E-state index in [0.717, 1.165) is 37.0 Å². The summed E-state index contributed by atoms with van der Waals surface area (Å²) in [5.74, 6) is -0.284. The van der Waals surface area contributed by atoms with Crippen LogP contribution in [0.25, 0.3) is 0 Å². The minimum Gasteiger partial charge on any atom is -0.440 e. The minimum atomic E-state index is -4.56. The largest absolute Gasteiger partial charge is 0.440 e. The summed E-state index contributed by atoms with van der Waals surface area (Å²) >= 11 is 0. The maximum absolute atomic E-state index is 12.2. The van der Waals surface area contributed by atoms with Crippen LogP contribution in [0.3, 0.4) is 0 Å². The lowest BCUT2D eigenvalue weighted by Gasteiger charge is -2.28. The molecule has 0 unspecified atom stereocenters. The summed E-state index contributed by atoms with van der Waals surface area (Å²) in [4.78, 5) is 25.1. The van der Waals surface area contributed by atoms with Crippen LogP contribution in [-0.2, 0) is 9.53 Å². The Kier molecular flexibility index (Phi) is 5.52. The minimum absolute atomic E-state index is 0.106. The third kappa shape index (κ3) is 4.78. The van der Waals surface area contributed by atoms with Gasteiger partial charge in [0, 0.05) is 12.6 Å². The van der Waals surface area contributed by atoms with Crippen molar-refractivity contribution in [3.63, 3.8) is 0 Å². The average Bonchev–Trinajstić information content (AvgIpc) is 2.94. The lowest BCUT2D eigenvalue weighted by molar-refractivity contribution is -0.162. The standard InChI is InChI=1S/C14H21F3N2O3/c15-14(16,17)9-22-13(21)19-8-4-7-11(19)12(20)18-10-5-2-1-3-6-10/h10-11H,1-9H2,(H,18,20)/t11-/m1/s1. The molecular formula is C14H21F3N2O3. The van der Waals surface area contributed by atoms with Crippen LogP contribution in [0.1, 0.15) is 44.9 Å². The van der Waals surface area contributed by atoms with Gasteiger partial charge in [-0.1, -0.05) is 19.3 Å². The molecule has 1 N–H and O–H groups in total. The highest BCUT2D eigenvalue weighted by Gasteiger charge is 2.38. The molecule has 2 fully saturated rings. The number of carbonyl (C=O) groups is 2. The highest BCUT2D eigenvalue weighted by atomic mass is 19.4. The van der Waals surface area contributed by atoms with E-state index in [2.05, 4.69) is 10.1 Å². The molecule has 8 heteroatoms. The normalized spacial score (nSPS) is 23.4. The second-order valence-corrected chi connectivity index (χ2v) is 5.86. The van der Waals surface area contributed by atoms with Crippen molar-refractivity contribution >= 4 is 12.0 Å². The van der Waals surface area contributed by atoms with E-state index in [1.165, 1.54) is 0 Å². The first-order valence-corrected chi connectivity index (χ1v) is 7.67. The van der Waals surface area contributed by atoms with Crippen molar-refractivity contribution in [3.8, 4) is 0 Å². The van der Waals surface area contributed by atoms with Crippen LogP contribution in [-0.4, -0.2) is 48.3 Å². The smallest absolute Gasteiger partial charge is 0.422 e. The Bertz CT molecular complexity index is 409. The number of alkyl halides is 3. The number of likely N-dealkylation sites (tertiary alicyclic amines) is 1. The molecule has 0 aromatic rings. The van der Waals surface area contributed by atoms with Crippen LogP contribution >= 0.6 is 0 Å². The van der Waals surface area contributed by atoms with Gasteiger partial charge in [-0.3, -0.25) is 9.69 Å². The number of nitrogens with one attached hydrogen (secondary N) is 1. The van der Waals surface area contributed by atoms with Gasteiger partial charge in [0.05, 0.1) is 0 Å². The average molecular weight is 322 g/mol. The maximum atomic E-state index is 12.2. The Morgan fingerprint density at radius 2 is 1.77 bits per heavy atom. The summed E-state index contributed by atoms with van der Waals surface area (Å²) < 4.78 is 40.5. The van der Waals surface area contributed by atoms with Crippen LogP contribution < -0.4 is 5.32 Å². The van der Waals surface area contributed by atoms with Crippen LogP contribution in [0.5, 0.6) is 0 Å².